The molecular weight excluding hydrogens is 422 g/mol. The number of carbonyl (C=O) groups is 2. The summed E-state index contributed by atoms with van der Waals surface area (Å²) in [7, 11) is 1.65. The van der Waals surface area contributed by atoms with Crippen LogP contribution in [-0.4, -0.2) is 84.4 Å². The number of hydrogen-bond acceptors (Lipinski definition) is 6. The molecule has 174 valence electrons. The average molecular weight is 452 g/mol. The first-order valence-electron chi connectivity index (χ1n) is 11.1. The van der Waals surface area contributed by atoms with Gasteiger partial charge >= 0.3 is 0 Å². The van der Waals surface area contributed by atoms with Crippen LogP contribution >= 0.6 is 0 Å². The molecule has 2 aromatic heterocycles. The number of para-hydroxylation sites is 1. The normalized spacial score (nSPS) is 14.4. The number of furan rings is 1. The monoisotopic (exact) mass is 451 g/mol. The zero-order chi connectivity index (χ0) is 23.0. The SMILES string of the molecule is COCCCNC(=O)CN1CCN(C(=O)c2cc(-c3ccco3)nn2-c2ccccc2)CC1. The molecule has 33 heavy (non-hydrogen) atoms. The third kappa shape index (κ3) is 5.68. The lowest BCUT2D eigenvalue weighted by Gasteiger charge is -2.34. The smallest absolute Gasteiger partial charge is 0.272 e. The molecule has 1 aliphatic heterocycles. The van der Waals surface area contributed by atoms with Crippen molar-refractivity contribution in [2.45, 2.75) is 6.42 Å². The Bertz CT molecular complexity index is 1040. The zero-order valence-electron chi connectivity index (χ0n) is 18.8. The van der Waals surface area contributed by atoms with Crippen LogP contribution in [0.15, 0.2) is 59.2 Å². The molecule has 9 heteroatoms. The first-order valence-corrected chi connectivity index (χ1v) is 11.1. The maximum Gasteiger partial charge on any atom is 0.272 e. The molecule has 0 saturated carbocycles. The highest BCUT2D eigenvalue weighted by Gasteiger charge is 2.27. The minimum absolute atomic E-state index is 0.00359. The molecule has 1 aromatic carbocycles. The van der Waals surface area contributed by atoms with E-state index in [-0.39, 0.29) is 11.8 Å². The second kappa shape index (κ2) is 10.9. The Hall–Kier alpha value is -3.43. The largest absolute Gasteiger partial charge is 0.463 e. The molecule has 0 bridgehead atoms. The van der Waals surface area contributed by atoms with E-state index in [1.807, 2.05) is 41.3 Å². The van der Waals surface area contributed by atoms with Crippen molar-refractivity contribution in [2.24, 2.45) is 0 Å². The van der Waals surface area contributed by atoms with Crippen molar-refractivity contribution in [1.82, 2.24) is 24.9 Å². The number of nitrogens with one attached hydrogen (secondary N) is 1. The van der Waals surface area contributed by atoms with Crippen LogP contribution in [0.3, 0.4) is 0 Å². The lowest BCUT2D eigenvalue weighted by atomic mass is 10.2. The fourth-order valence-corrected chi connectivity index (χ4v) is 3.82. The third-order valence-corrected chi connectivity index (χ3v) is 5.58. The number of amides is 2. The minimum atomic E-state index is -0.0900. The maximum absolute atomic E-state index is 13.4. The summed E-state index contributed by atoms with van der Waals surface area (Å²) < 4.78 is 12.1. The van der Waals surface area contributed by atoms with Crippen LogP contribution < -0.4 is 5.32 Å². The fourth-order valence-electron chi connectivity index (χ4n) is 3.82. The van der Waals surface area contributed by atoms with Gasteiger partial charge < -0.3 is 19.4 Å². The van der Waals surface area contributed by atoms with E-state index in [9.17, 15) is 9.59 Å². The molecule has 2 amide bonds. The van der Waals surface area contributed by atoms with Gasteiger partial charge in [-0.05, 0) is 30.7 Å². The van der Waals surface area contributed by atoms with Crippen LogP contribution in [-0.2, 0) is 9.53 Å². The average Bonchev–Trinajstić information content (AvgIpc) is 3.53. The van der Waals surface area contributed by atoms with Gasteiger partial charge in [0.1, 0.15) is 11.4 Å². The van der Waals surface area contributed by atoms with Gasteiger partial charge in [0.05, 0.1) is 18.5 Å². The number of benzene rings is 1. The van der Waals surface area contributed by atoms with Crippen molar-refractivity contribution in [1.29, 1.82) is 0 Å². The highest BCUT2D eigenvalue weighted by molar-refractivity contribution is 5.94. The molecule has 9 nitrogen and oxygen atoms in total. The molecule has 0 unspecified atom stereocenters. The zero-order valence-corrected chi connectivity index (χ0v) is 18.8. The second-order valence-electron chi connectivity index (χ2n) is 7.90. The topological polar surface area (TPSA) is 92.8 Å². The summed E-state index contributed by atoms with van der Waals surface area (Å²) in [5, 5.41) is 7.54. The molecule has 3 aromatic rings. The molecule has 0 atom stereocenters. The first kappa shape index (κ1) is 22.8. The Morgan fingerprint density at radius 3 is 2.58 bits per heavy atom. The molecular formula is C24H29N5O4. The van der Waals surface area contributed by atoms with Crippen molar-refractivity contribution in [3.8, 4) is 17.1 Å². The lowest BCUT2D eigenvalue weighted by Crippen LogP contribution is -2.51. The molecule has 1 fully saturated rings. The Balaban J connectivity index is 1.41. The Morgan fingerprint density at radius 2 is 1.88 bits per heavy atom. The van der Waals surface area contributed by atoms with Gasteiger partial charge in [-0.2, -0.15) is 5.10 Å². The van der Waals surface area contributed by atoms with E-state index in [2.05, 4.69) is 15.3 Å². The Morgan fingerprint density at radius 1 is 1.09 bits per heavy atom. The number of ether oxygens (including phenoxy) is 1. The summed E-state index contributed by atoms with van der Waals surface area (Å²) in [6, 6.07) is 15.0. The van der Waals surface area contributed by atoms with Gasteiger partial charge in [0.2, 0.25) is 5.91 Å². The van der Waals surface area contributed by atoms with Crippen LogP contribution in [0.5, 0.6) is 0 Å². The first-order chi connectivity index (χ1) is 16.2. The van der Waals surface area contributed by atoms with Gasteiger partial charge in [0.25, 0.3) is 5.91 Å². The predicted octanol–water partition coefficient (Wildman–Crippen LogP) is 2.04. The van der Waals surface area contributed by atoms with Gasteiger partial charge in [0.15, 0.2) is 5.76 Å². The lowest BCUT2D eigenvalue weighted by molar-refractivity contribution is -0.122. The van der Waals surface area contributed by atoms with Crippen LogP contribution in [0.2, 0.25) is 0 Å². The van der Waals surface area contributed by atoms with Gasteiger partial charge in [-0.25, -0.2) is 4.68 Å². The molecule has 0 spiro atoms. The number of aromatic nitrogens is 2. The molecule has 1 N–H and O–H groups in total. The van der Waals surface area contributed by atoms with E-state index in [1.54, 1.807) is 30.2 Å². The van der Waals surface area contributed by atoms with Crippen LogP contribution in [0.25, 0.3) is 17.1 Å². The van der Waals surface area contributed by atoms with Crippen LogP contribution in [0.4, 0.5) is 0 Å². The van der Waals surface area contributed by atoms with E-state index in [4.69, 9.17) is 9.15 Å². The van der Waals surface area contributed by atoms with E-state index < -0.39 is 0 Å². The van der Waals surface area contributed by atoms with E-state index in [0.717, 1.165) is 12.1 Å². The minimum Gasteiger partial charge on any atom is -0.463 e. The number of methoxy groups -OCH3 is 1. The molecule has 0 radical (unpaired) electrons. The van der Waals surface area contributed by atoms with E-state index in [0.29, 0.717) is 63.0 Å². The van der Waals surface area contributed by atoms with Gasteiger partial charge in [-0.3, -0.25) is 14.5 Å². The number of nitrogens with zero attached hydrogens (tertiary/aromatic N) is 4. The van der Waals surface area contributed by atoms with Crippen molar-refractivity contribution in [3.63, 3.8) is 0 Å². The van der Waals surface area contributed by atoms with Crippen LogP contribution in [0.1, 0.15) is 16.9 Å². The summed E-state index contributed by atoms with van der Waals surface area (Å²) >= 11 is 0. The summed E-state index contributed by atoms with van der Waals surface area (Å²) in [6.07, 6.45) is 2.38. The number of hydrogen-bond donors (Lipinski definition) is 1. The van der Waals surface area contributed by atoms with Gasteiger partial charge in [-0.15, -0.1) is 0 Å². The standard InChI is InChI=1S/C24H29N5O4/c1-32-15-6-10-25-23(30)18-27-11-13-28(14-12-27)24(31)21-17-20(22-9-5-16-33-22)26-29(21)19-7-3-2-4-8-19/h2-5,7-9,16-17H,6,10-15,18H2,1H3,(H,25,30). The quantitative estimate of drug-likeness (QED) is 0.501. The fraction of sp³-hybridized carbons (Fsp3) is 0.375. The molecule has 4 rings (SSSR count). The molecule has 0 aliphatic carbocycles. The Labute approximate surface area is 192 Å². The van der Waals surface area contributed by atoms with Gasteiger partial charge in [0, 0.05) is 52.5 Å². The molecule has 1 saturated heterocycles. The summed E-state index contributed by atoms with van der Waals surface area (Å²) in [5.74, 6) is 0.518. The van der Waals surface area contributed by atoms with Crippen molar-refractivity contribution < 1.29 is 18.7 Å². The number of carbonyl (C=O) groups excluding carboxylic acids is 2. The highest BCUT2D eigenvalue weighted by Crippen LogP contribution is 2.23. The maximum atomic E-state index is 13.4. The van der Waals surface area contributed by atoms with E-state index >= 15 is 0 Å². The summed E-state index contributed by atoms with van der Waals surface area (Å²) in [6.45, 7) is 3.94. The Kier molecular flexibility index (Phi) is 7.54. The summed E-state index contributed by atoms with van der Waals surface area (Å²) in [4.78, 5) is 29.4. The molecule has 1 aliphatic rings. The van der Waals surface area contributed by atoms with Crippen molar-refractivity contribution in [2.75, 3.05) is 53.0 Å². The number of piperazine rings is 1. The van der Waals surface area contributed by atoms with Crippen molar-refractivity contribution in [3.05, 3.63) is 60.5 Å². The van der Waals surface area contributed by atoms with Crippen molar-refractivity contribution >= 4 is 11.8 Å². The van der Waals surface area contributed by atoms with E-state index in [1.165, 1.54) is 0 Å². The second-order valence-corrected chi connectivity index (χ2v) is 7.90. The van der Waals surface area contributed by atoms with Crippen LogP contribution in [0, 0.1) is 0 Å². The molecule has 3 heterocycles. The van der Waals surface area contributed by atoms with Gasteiger partial charge in [-0.1, -0.05) is 18.2 Å². The number of rotatable bonds is 9. The third-order valence-electron chi connectivity index (χ3n) is 5.58. The predicted molar refractivity (Wildman–Crippen MR) is 123 cm³/mol. The summed E-state index contributed by atoms with van der Waals surface area (Å²) in [5.41, 5.74) is 1.90. The highest BCUT2D eigenvalue weighted by atomic mass is 16.5.